The maximum absolute atomic E-state index is 12.4. The lowest BCUT2D eigenvalue weighted by Crippen LogP contribution is -2.11. The number of carbonyl (C=O) groups is 3. The number of aliphatic hydroxyl groups excluding tert-OH is 1. The molecule has 1 rings (SSSR count). The second-order valence-electron chi connectivity index (χ2n) is 6.12. The average Bonchev–Trinajstić information content (AvgIpc) is 2.73. The van der Waals surface area contributed by atoms with Crippen LogP contribution in [0.15, 0.2) is 13.5 Å². The van der Waals surface area contributed by atoms with Crippen molar-refractivity contribution < 1.29 is 47.1 Å². The Kier molecular flexibility index (Phi) is 11.6. The van der Waals surface area contributed by atoms with Crippen LogP contribution in [-0.4, -0.2) is 70.1 Å². The molecule has 3 unspecified atom stereocenters. The van der Waals surface area contributed by atoms with Gasteiger partial charge in [-0.3, -0.25) is 14.4 Å². The molecule has 0 saturated heterocycles. The Morgan fingerprint density at radius 1 is 0.903 bits per heavy atom. The Hall–Kier alpha value is -1.06. The molecule has 180 valence electrons. The van der Waals surface area contributed by atoms with Gasteiger partial charge in [-0.05, 0) is 6.42 Å². The highest BCUT2D eigenvalue weighted by Gasteiger charge is 2.39. The third-order valence-corrected chi connectivity index (χ3v) is 12.8. The molecule has 0 radical (unpaired) electrons. The molecule has 0 fully saturated rings. The van der Waals surface area contributed by atoms with Crippen LogP contribution in [0.3, 0.4) is 0 Å². The molecule has 0 aromatic rings. The summed E-state index contributed by atoms with van der Waals surface area (Å²) in [5, 5.41) is 10.0. The van der Waals surface area contributed by atoms with Crippen molar-refractivity contribution >= 4 is 40.4 Å². The fourth-order valence-electron chi connectivity index (χ4n) is 2.11. The third kappa shape index (κ3) is 9.14. The highest BCUT2D eigenvalue weighted by atomic mass is 31.3. The number of rotatable bonds is 13. The molecule has 3 atom stereocenters. The highest BCUT2D eigenvalue weighted by Crippen LogP contribution is 2.78. The zero-order chi connectivity index (χ0) is 23.5. The van der Waals surface area contributed by atoms with E-state index in [4.69, 9.17) is 27.6 Å². The predicted octanol–water partition coefficient (Wildman–Crippen LogP) is 3.74. The molecular formula is C15H30N3O10P3. The first-order valence-corrected chi connectivity index (χ1v) is 14.7. The van der Waals surface area contributed by atoms with Crippen molar-refractivity contribution in [2.45, 2.75) is 33.1 Å². The van der Waals surface area contributed by atoms with Crippen LogP contribution < -0.4 is 0 Å². The van der Waals surface area contributed by atoms with Crippen molar-refractivity contribution in [1.29, 1.82) is 0 Å². The minimum atomic E-state index is -3.62. The number of hydrogen-bond donors (Lipinski definition) is 1. The van der Waals surface area contributed by atoms with E-state index in [0.29, 0.717) is 6.42 Å². The third-order valence-electron chi connectivity index (χ3n) is 3.51. The number of nitrogens with zero attached hydrogens (tertiary/aromatic N) is 3. The Morgan fingerprint density at radius 3 is 2.13 bits per heavy atom. The van der Waals surface area contributed by atoms with Gasteiger partial charge in [-0.15, -0.1) is 0 Å². The molecule has 0 saturated carbocycles. The van der Waals surface area contributed by atoms with E-state index in [2.05, 4.69) is 13.5 Å². The van der Waals surface area contributed by atoms with Gasteiger partial charge >= 0.3 is 25.6 Å². The van der Waals surface area contributed by atoms with Gasteiger partial charge in [-0.25, -0.2) is 0 Å². The van der Waals surface area contributed by atoms with Gasteiger partial charge in [0.1, 0.15) is 13.0 Å². The molecule has 0 aromatic heterocycles. The highest BCUT2D eigenvalue weighted by molar-refractivity contribution is 7.81. The molecule has 31 heavy (non-hydrogen) atoms. The number of aliphatic hydroxyl groups is 1. The summed E-state index contributed by atoms with van der Waals surface area (Å²) < 4.78 is 44.7. The molecule has 16 heteroatoms. The maximum Gasteiger partial charge on any atom is 0.401 e. The first-order chi connectivity index (χ1) is 14.6. The molecule has 1 heterocycles. The Labute approximate surface area is 181 Å². The maximum atomic E-state index is 12.4. The van der Waals surface area contributed by atoms with E-state index in [0.717, 1.165) is 0 Å². The Bertz CT molecular complexity index is 829. The van der Waals surface area contributed by atoms with Crippen molar-refractivity contribution in [2.24, 2.45) is 13.5 Å². The van der Waals surface area contributed by atoms with Crippen molar-refractivity contribution in [1.82, 2.24) is 0 Å². The van der Waals surface area contributed by atoms with E-state index in [1.165, 1.54) is 21.1 Å². The van der Waals surface area contributed by atoms with Crippen LogP contribution in [0.2, 0.25) is 0 Å². The molecule has 0 bridgehead atoms. The van der Waals surface area contributed by atoms with E-state index in [-0.39, 0.29) is 32.7 Å². The van der Waals surface area contributed by atoms with Crippen LogP contribution in [-0.2, 0) is 42.0 Å². The summed E-state index contributed by atoms with van der Waals surface area (Å²) >= 11 is 0. The summed E-state index contributed by atoms with van der Waals surface area (Å²) in [6.45, 7) is 4.75. The monoisotopic (exact) mass is 505 g/mol. The molecule has 0 aromatic carbocycles. The fourth-order valence-corrected chi connectivity index (χ4v) is 11.9. The molecule has 0 amide bonds. The van der Waals surface area contributed by atoms with E-state index >= 15 is 0 Å². The predicted molar refractivity (Wildman–Crippen MR) is 114 cm³/mol. The molecule has 1 aliphatic heterocycles. The second-order valence-corrected chi connectivity index (χ2v) is 13.7. The quantitative estimate of drug-likeness (QED) is 0.221. The van der Waals surface area contributed by atoms with Crippen LogP contribution in [0.4, 0.5) is 0 Å². The van der Waals surface area contributed by atoms with Crippen molar-refractivity contribution in [3.8, 4) is 0 Å². The molecule has 0 aliphatic carbocycles. The smallest absolute Gasteiger partial charge is 0.401 e. The molecule has 1 N–H and O–H groups in total. The van der Waals surface area contributed by atoms with Gasteiger partial charge in [0.15, 0.2) is 0 Å². The van der Waals surface area contributed by atoms with Gasteiger partial charge < -0.3 is 32.7 Å². The Balaban J connectivity index is 3.12. The molecule has 13 nitrogen and oxygen atoms in total. The average molecular weight is 505 g/mol. The lowest BCUT2D eigenvalue weighted by molar-refractivity contribution is -0.147. The van der Waals surface area contributed by atoms with Crippen molar-refractivity contribution in [2.75, 3.05) is 47.1 Å². The minimum absolute atomic E-state index is 0.0838. The molecular weight excluding hydrogens is 475 g/mol. The van der Waals surface area contributed by atoms with Crippen LogP contribution in [0.25, 0.3) is 0 Å². The van der Waals surface area contributed by atoms with Crippen LogP contribution >= 0.6 is 22.5 Å². The van der Waals surface area contributed by atoms with Crippen molar-refractivity contribution in [3.63, 3.8) is 0 Å². The lowest BCUT2D eigenvalue weighted by Gasteiger charge is -2.30. The number of ether oxygens (including phenoxy) is 2. The van der Waals surface area contributed by atoms with Gasteiger partial charge in [0.2, 0.25) is 14.9 Å². The summed E-state index contributed by atoms with van der Waals surface area (Å²) in [7, 11) is -7.24. The SMILES string of the molecule is CCCOC(=O)CCC(=O)OP1(OC)=NP(CO)(OCCOC(C)=O)=NP(C)(OC)=N1. The van der Waals surface area contributed by atoms with Crippen LogP contribution in [0, 0.1) is 0 Å². The summed E-state index contributed by atoms with van der Waals surface area (Å²) in [4.78, 5) is 34.9. The largest absolute Gasteiger partial charge is 0.466 e. The Morgan fingerprint density at radius 2 is 1.58 bits per heavy atom. The van der Waals surface area contributed by atoms with E-state index in [1.807, 2.05) is 6.92 Å². The minimum Gasteiger partial charge on any atom is -0.466 e. The van der Waals surface area contributed by atoms with Gasteiger partial charge in [0.25, 0.3) is 0 Å². The standard InChI is InChI=1S/C15H30N3O10P3/c1-6-9-26-14(21)7-8-15(22)28-31(24-4)17-29(5,23-3)16-30(12-19,18-31)27-11-10-25-13(2)20/h19H,6-12H2,1-5H3. The normalized spacial score (nSPS) is 27.3. The second kappa shape index (κ2) is 12.8. The number of esters is 2. The van der Waals surface area contributed by atoms with Gasteiger partial charge in [-0.2, -0.15) is 13.5 Å². The first-order valence-electron chi connectivity index (χ1n) is 9.33. The summed E-state index contributed by atoms with van der Waals surface area (Å²) in [6.07, 6.45) is -0.397. The van der Waals surface area contributed by atoms with Gasteiger partial charge in [0.05, 0.1) is 26.1 Å². The molecule has 1 aliphatic rings. The number of carbonyl (C=O) groups excluding carboxylic acids is 3. The fraction of sp³-hybridized carbons (Fsp3) is 0.800. The first kappa shape index (κ1) is 28.0. The van der Waals surface area contributed by atoms with Crippen LogP contribution in [0.5, 0.6) is 0 Å². The summed E-state index contributed by atoms with van der Waals surface area (Å²) in [5.74, 6) is -1.81. The lowest BCUT2D eigenvalue weighted by atomic mass is 10.3. The zero-order valence-electron chi connectivity index (χ0n) is 18.3. The van der Waals surface area contributed by atoms with E-state index < -0.39 is 46.8 Å². The van der Waals surface area contributed by atoms with Crippen molar-refractivity contribution in [3.05, 3.63) is 0 Å². The van der Waals surface area contributed by atoms with E-state index in [9.17, 15) is 19.5 Å². The summed E-state index contributed by atoms with van der Waals surface area (Å²) in [5.41, 5.74) is 0. The number of hydrogen-bond acceptors (Lipinski definition) is 13. The van der Waals surface area contributed by atoms with Gasteiger partial charge in [-0.1, -0.05) is 6.92 Å². The van der Waals surface area contributed by atoms with Gasteiger partial charge in [0, 0.05) is 27.8 Å². The van der Waals surface area contributed by atoms with E-state index in [1.54, 1.807) is 6.66 Å². The summed E-state index contributed by atoms with van der Waals surface area (Å²) in [6, 6.07) is 0. The topological polar surface area (TPSA) is 164 Å². The van der Waals surface area contributed by atoms with Crippen LogP contribution in [0.1, 0.15) is 33.1 Å². The molecule has 0 spiro atoms. The zero-order valence-corrected chi connectivity index (χ0v) is 20.9.